The van der Waals surface area contributed by atoms with Crippen LogP contribution in [0.4, 0.5) is 0 Å². The van der Waals surface area contributed by atoms with Gasteiger partial charge in [-0.1, -0.05) is 36.4 Å². The van der Waals surface area contributed by atoms with Crippen LogP contribution in [0.1, 0.15) is 42.5 Å². The summed E-state index contributed by atoms with van der Waals surface area (Å²) in [5, 5.41) is 3.07. The molecule has 2 aromatic rings. The monoisotopic (exact) mass is 383 g/mol. The largest absolute Gasteiger partial charge is 0.347 e. The predicted octanol–water partition coefficient (Wildman–Crippen LogP) is 2.31. The van der Waals surface area contributed by atoms with Crippen molar-refractivity contribution >= 4 is 21.8 Å². The van der Waals surface area contributed by atoms with E-state index in [-0.39, 0.29) is 22.7 Å². The lowest BCUT2D eigenvalue weighted by molar-refractivity contribution is -0.122. The Morgan fingerprint density at radius 1 is 1.19 bits per heavy atom. The molecule has 6 nitrogen and oxygen atoms in total. The highest BCUT2D eigenvalue weighted by Crippen LogP contribution is 2.29. The Morgan fingerprint density at radius 2 is 1.93 bits per heavy atom. The van der Waals surface area contributed by atoms with Crippen LogP contribution in [0.3, 0.4) is 0 Å². The van der Waals surface area contributed by atoms with E-state index in [1.165, 1.54) is 11.6 Å². The first kappa shape index (κ1) is 17.7. The number of carbonyl (C=O) groups excluding carboxylic acids is 1. The van der Waals surface area contributed by atoms with Gasteiger partial charge < -0.3 is 5.32 Å². The minimum atomic E-state index is -3.61. The molecule has 0 unspecified atom stereocenters. The van der Waals surface area contributed by atoms with Crippen LogP contribution in [-0.2, 0) is 21.2 Å². The number of nitrogens with one attached hydrogen (secondary N) is 2. The minimum absolute atomic E-state index is 0.0299. The molecule has 4 rings (SSSR count). The highest BCUT2D eigenvalue weighted by atomic mass is 32.2. The van der Waals surface area contributed by atoms with Gasteiger partial charge >= 0.3 is 0 Å². The molecule has 140 valence electrons. The second-order valence-corrected chi connectivity index (χ2v) is 8.56. The third-order valence-electron chi connectivity index (χ3n) is 5.05. The Balaban J connectivity index is 1.54. The van der Waals surface area contributed by atoms with Crippen LogP contribution in [0, 0.1) is 0 Å². The highest BCUT2D eigenvalue weighted by molar-refractivity contribution is 7.90. The maximum absolute atomic E-state index is 12.7. The van der Waals surface area contributed by atoms with Crippen molar-refractivity contribution in [2.75, 3.05) is 0 Å². The Morgan fingerprint density at radius 3 is 2.78 bits per heavy atom. The predicted molar refractivity (Wildman–Crippen MR) is 103 cm³/mol. The normalized spacial score (nSPS) is 22.4. The van der Waals surface area contributed by atoms with E-state index in [2.05, 4.69) is 27.2 Å². The Bertz CT molecular complexity index is 1030. The number of amides is 1. The number of benzene rings is 2. The van der Waals surface area contributed by atoms with Crippen molar-refractivity contribution in [1.82, 2.24) is 10.0 Å². The van der Waals surface area contributed by atoms with Crippen molar-refractivity contribution < 1.29 is 13.2 Å². The molecule has 1 amide bonds. The van der Waals surface area contributed by atoms with Crippen molar-refractivity contribution in [3.05, 3.63) is 65.2 Å². The Hall–Kier alpha value is -2.67. The molecule has 27 heavy (non-hydrogen) atoms. The molecule has 0 radical (unpaired) electrons. The quantitative estimate of drug-likeness (QED) is 0.853. The second-order valence-electron chi connectivity index (χ2n) is 6.91. The van der Waals surface area contributed by atoms with Gasteiger partial charge in [-0.15, -0.1) is 0 Å². The van der Waals surface area contributed by atoms with Gasteiger partial charge in [0.2, 0.25) is 5.91 Å². The van der Waals surface area contributed by atoms with Gasteiger partial charge in [-0.3, -0.25) is 14.5 Å². The first-order valence-electron chi connectivity index (χ1n) is 9.04. The highest BCUT2D eigenvalue weighted by Gasteiger charge is 2.31. The van der Waals surface area contributed by atoms with Crippen LogP contribution in [0.25, 0.3) is 0 Å². The molecule has 0 aromatic heterocycles. The molecule has 0 fully saturated rings. The molecule has 0 bridgehead atoms. The van der Waals surface area contributed by atoms with Crippen LogP contribution in [-0.4, -0.2) is 26.2 Å². The number of amidine groups is 1. The summed E-state index contributed by atoms with van der Waals surface area (Å²) < 4.78 is 26.8. The molecule has 2 aromatic carbocycles. The summed E-state index contributed by atoms with van der Waals surface area (Å²) in [6, 6.07) is 14.0. The zero-order valence-electron chi connectivity index (χ0n) is 15.0. The molecule has 1 aliphatic carbocycles. The summed E-state index contributed by atoms with van der Waals surface area (Å²) in [5.74, 6) is 0.00470. The lowest BCUT2D eigenvalue weighted by atomic mass is 9.87. The molecule has 2 N–H and O–H groups in total. The molecule has 0 spiro atoms. The van der Waals surface area contributed by atoms with E-state index in [0.717, 1.165) is 24.8 Å². The summed E-state index contributed by atoms with van der Waals surface area (Å²) in [6.45, 7) is 1.67. The summed E-state index contributed by atoms with van der Waals surface area (Å²) >= 11 is 0. The van der Waals surface area contributed by atoms with E-state index in [9.17, 15) is 13.2 Å². The standard InChI is InChI=1S/C20H21N3O3S/c1-13(21-19-16-10-4-5-12-18(16)27(25,26)23-19)20(24)22-17-11-6-8-14-7-2-3-9-15(14)17/h2-5,7,9-10,12-13,17H,6,8,11H2,1H3,(H,21,23)(H,22,24)/t13-,17+/m1/s1. The number of hydrogen-bond donors (Lipinski definition) is 2. The van der Waals surface area contributed by atoms with Crippen molar-refractivity contribution in [3.8, 4) is 0 Å². The summed E-state index contributed by atoms with van der Waals surface area (Å²) in [6.07, 6.45) is 2.94. The number of rotatable bonds is 3. The maximum atomic E-state index is 12.7. The number of aryl methyl sites for hydroxylation is 1. The van der Waals surface area contributed by atoms with Gasteiger partial charge in [0.25, 0.3) is 10.0 Å². The topological polar surface area (TPSA) is 87.6 Å². The molecule has 7 heteroatoms. The fourth-order valence-corrected chi connectivity index (χ4v) is 4.92. The van der Waals surface area contributed by atoms with Gasteiger partial charge in [0.1, 0.15) is 11.9 Å². The zero-order valence-corrected chi connectivity index (χ0v) is 15.8. The van der Waals surface area contributed by atoms with E-state index in [1.807, 2.05) is 12.1 Å². The molecule has 1 heterocycles. The molecular formula is C20H21N3O3S. The molecule has 1 aliphatic heterocycles. The van der Waals surface area contributed by atoms with Gasteiger partial charge in [-0.2, -0.15) is 0 Å². The summed E-state index contributed by atoms with van der Waals surface area (Å²) in [7, 11) is -3.61. The van der Waals surface area contributed by atoms with Gasteiger partial charge in [0.05, 0.1) is 10.9 Å². The molecule has 0 saturated carbocycles. The van der Waals surface area contributed by atoms with Crippen molar-refractivity contribution in [2.24, 2.45) is 4.99 Å². The van der Waals surface area contributed by atoms with Crippen LogP contribution in [0.15, 0.2) is 58.4 Å². The molecule has 0 saturated heterocycles. The molecular weight excluding hydrogens is 362 g/mol. The van der Waals surface area contributed by atoms with E-state index in [0.29, 0.717) is 5.56 Å². The number of fused-ring (bicyclic) bond motifs is 2. The fraction of sp³-hybridized carbons (Fsp3) is 0.300. The van der Waals surface area contributed by atoms with Crippen molar-refractivity contribution in [2.45, 2.75) is 43.2 Å². The smallest absolute Gasteiger partial charge is 0.263 e. The van der Waals surface area contributed by atoms with Crippen molar-refractivity contribution in [3.63, 3.8) is 0 Å². The first-order valence-corrected chi connectivity index (χ1v) is 10.5. The first-order chi connectivity index (χ1) is 13.0. The van der Waals surface area contributed by atoms with Crippen LogP contribution in [0.5, 0.6) is 0 Å². The fourth-order valence-electron chi connectivity index (χ4n) is 3.68. The van der Waals surface area contributed by atoms with Gasteiger partial charge in [-0.05, 0) is 49.4 Å². The Kier molecular flexibility index (Phi) is 4.47. The van der Waals surface area contributed by atoms with Gasteiger partial charge in [0, 0.05) is 5.56 Å². The molecule has 2 aliphatic rings. The van der Waals surface area contributed by atoms with E-state index in [1.54, 1.807) is 25.1 Å². The zero-order chi connectivity index (χ0) is 19.0. The van der Waals surface area contributed by atoms with Gasteiger partial charge in [0.15, 0.2) is 0 Å². The van der Waals surface area contributed by atoms with Gasteiger partial charge in [-0.25, -0.2) is 8.42 Å². The average molecular weight is 383 g/mol. The Labute approximate surface area is 158 Å². The van der Waals surface area contributed by atoms with Crippen LogP contribution in [0.2, 0.25) is 0 Å². The molecule has 2 atom stereocenters. The lowest BCUT2D eigenvalue weighted by Gasteiger charge is -2.27. The SMILES string of the molecule is C[C@@H](N=C1NS(=O)(=O)c2ccccc21)C(=O)N[C@H]1CCCc2ccccc21. The third kappa shape index (κ3) is 3.35. The van der Waals surface area contributed by atoms with Crippen LogP contribution >= 0.6 is 0 Å². The number of sulfonamides is 1. The summed E-state index contributed by atoms with van der Waals surface area (Å²) in [5.41, 5.74) is 2.93. The second kappa shape index (κ2) is 6.81. The maximum Gasteiger partial charge on any atom is 0.263 e. The van der Waals surface area contributed by atoms with E-state index in [4.69, 9.17) is 0 Å². The van der Waals surface area contributed by atoms with E-state index < -0.39 is 16.1 Å². The lowest BCUT2D eigenvalue weighted by Crippen LogP contribution is -2.37. The number of carbonyl (C=O) groups is 1. The number of nitrogens with zero attached hydrogens (tertiary/aromatic N) is 1. The third-order valence-corrected chi connectivity index (χ3v) is 6.45. The number of hydrogen-bond acceptors (Lipinski definition) is 4. The summed E-state index contributed by atoms with van der Waals surface area (Å²) in [4.78, 5) is 17.2. The van der Waals surface area contributed by atoms with E-state index >= 15 is 0 Å². The minimum Gasteiger partial charge on any atom is -0.347 e. The van der Waals surface area contributed by atoms with Crippen molar-refractivity contribution in [1.29, 1.82) is 0 Å². The average Bonchev–Trinajstić information content (AvgIpc) is 2.92. The van der Waals surface area contributed by atoms with Crippen LogP contribution < -0.4 is 10.0 Å². The number of aliphatic imine (C=N–C) groups is 1.